The summed E-state index contributed by atoms with van der Waals surface area (Å²) in [5.41, 5.74) is 5.92. The number of aryl methyl sites for hydroxylation is 1. The van der Waals surface area contributed by atoms with Gasteiger partial charge in [0.25, 0.3) is 5.82 Å². The van der Waals surface area contributed by atoms with Gasteiger partial charge in [0.05, 0.1) is 6.54 Å². The Morgan fingerprint density at radius 1 is 1.19 bits per heavy atom. The minimum absolute atomic E-state index is 0.188. The zero-order valence-electron chi connectivity index (χ0n) is 10.4. The molecule has 0 spiro atoms. The molecule has 0 aliphatic heterocycles. The van der Waals surface area contributed by atoms with E-state index >= 15 is 0 Å². The van der Waals surface area contributed by atoms with Gasteiger partial charge < -0.3 is 5.73 Å². The second-order valence-corrected chi connectivity index (χ2v) is 5.48. The summed E-state index contributed by atoms with van der Waals surface area (Å²) in [5.74, 6) is -3.52. The van der Waals surface area contributed by atoms with Crippen LogP contribution in [0.15, 0.2) is 6.07 Å². The van der Waals surface area contributed by atoms with E-state index in [0.717, 1.165) is 11.3 Å². The van der Waals surface area contributed by atoms with E-state index in [0.29, 0.717) is 15.4 Å². The molecule has 2 aromatic heterocycles. The standard InChI is InChI=1S/C10H8F6N4S/c1-4-6(17)2-5(21-4)3-20-8(10(14,15)16)18-7(19-20)9(11,12)13/h2H,3,17H2,1H3. The number of alkyl halides is 6. The third kappa shape index (κ3) is 3.28. The Labute approximate surface area is 118 Å². The van der Waals surface area contributed by atoms with E-state index in [2.05, 4.69) is 10.1 Å². The minimum Gasteiger partial charge on any atom is -0.398 e. The Kier molecular flexibility index (Phi) is 3.64. The van der Waals surface area contributed by atoms with Crippen LogP contribution in [0.2, 0.25) is 0 Å². The van der Waals surface area contributed by atoms with Crippen molar-refractivity contribution in [1.29, 1.82) is 0 Å². The van der Waals surface area contributed by atoms with Crippen LogP contribution >= 0.6 is 11.3 Å². The lowest BCUT2D eigenvalue weighted by Crippen LogP contribution is -2.16. The maximum Gasteiger partial charge on any atom is 0.453 e. The molecule has 0 bridgehead atoms. The third-order valence-corrected chi connectivity index (χ3v) is 3.54. The van der Waals surface area contributed by atoms with Gasteiger partial charge in [-0.05, 0) is 13.0 Å². The van der Waals surface area contributed by atoms with Crippen molar-refractivity contribution in [2.75, 3.05) is 5.73 Å². The van der Waals surface area contributed by atoms with Crippen LogP contribution in [0, 0.1) is 6.92 Å². The highest BCUT2D eigenvalue weighted by Gasteiger charge is 2.44. The second-order valence-electron chi connectivity index (χ2n) is 4.14. The predicted octanol–water partition coefficient (Wildman–Crippen LogP) is 3.32. The highest BCUT2D eigenvalue weighted by atomic mass is 32.1. The molecule has 21 heavy (non-hydrogen) atoms. The summed E-state index contributed by atoms with van der Waals surface area (Å²) < 4.78 is 75.7. The predicted molar refractivity (Wildman–Crippen MR) is 62.6 cm³/mol. The molecule has 0 aliphatic carbocycles. The minimum atomic E-state index is -5.05. The summed E-state index contributed by atoms with van der Waals surface area (Å²) in [6.07, 6.45) is -10.1. The molecule has 11 heteroatoms. The Hall–Kier alpha value is -1.78. The van der Waals surface area contributed by atoms with Gasteiger partial charge in [-0.15, -0.1) is 16.4 Å². The van der Waals surface area contributed by atoms with Gasteiger partial charge in [0.1, 0.15) is 0 Å². The zero-order valence-corrected chi connectivity index (χ0v) is 11.2. The average molecular weight is 330 g/mol. The number of hydrogen-bond donors (Lipinski definition) is 1. The van der Waals surface area contributed by atoms with Crippen LogP contribution < -0.4 is 5.73 Å². The molecule has 2 aromatic rings. The zero-order chi connectivity index (χ0) is 16.0. The fraction of sp³-hybridized carbons (Fsp3) is 0.400. The molecule has 0 amide bonds. The fourth-order valence-electron chi connectivity index (χ4n) is 1.57. The van der Waals surface area contributed by atoms with Crippen LogP contribution in [0.3, 0.4) is 0 Å². The van der Waals surface area contributed by atoms with Crippen molar-refractivity contribution in [1.82, 2.24) is 14.8 Å². The van der Waals surface area contributed by atoms with Gasteiger partial charge in [0, 0.05) is 15.4 Å². The highest BCUT2D eigenvalue weighted by molar-refractivity contribution is 7.12. The number of nitrogen functional groups attached to an aromatic ring is 1. The lowest BCUT2D eigenvalue weighted by Gasteiger charge is -2.06. The van der Waals surface area contributed by atoms with E-state index in [9.17, 15) is 26.3 Å². The number of nitrogens with two attached hydrogens (primary N) is 1. The molecule has 2 N–H and O–H groups in total. The van der Waals surface area contributed by atoms with Crippen LogP contribution in [0.25, 0.3) is 0 Å². The van der Waals surface area contributed by atoms with Crippen molar-refractivity contribution in [3.8, 4) is 0 Å². The molecule has 2 heterocycles. The van der Waals surface area contributed by atoms with Crippen molar-refractivity contribution in [3.05, 3.63) is 27.5 Å². The molecule has 0 saturated heterocycles. The normalized spacial score (nSPS) is 12.9. The number of hydrogen-bond acceptors (Lipinski definition) is 4. The van der Waals surface area contributed by atoms with Crippen molar-refractivity contribution in [2.45, 2.75) is 25.8 Å². The molecule has 0 aromatic carbocycles. The van der Waals surface area contributed by atoms with Crippen LogP contribution in [0.4, 0.5) is 32.0 Å². The molecule has 0 radical (unpaired) electrons. The molecule has 0 unspecified atom stereocenters. The smallest absolute Gasteiger partial charge is 0.398 e. The summed E-state index contributed by atoms with van der Waals surface area (Å²) >= 11 is 1.08. The molecular formula is C10H8F6N4S. The first kappa shape index (κ1) is 15.6. The summed E-state index contributed by atoms with van der Waals surface area (Å²) in [6.45, 7) is 1.16. The van der Waals surface area contributed by atoms with Crippen molar-refractivity contribution < 1.29 is 26.3 Å². The summed E-state index contributed by atoms with van der Waals surface area (Å²) in [5, 5.41) is 2.91. The first-order chi connectivity index (χ1) is 9.48. The fourth-order valence-corrected chi connectivity index (χ4v) is 2.51. The van der Waals surface area contributed by atoms with E-state index in [1.54, 1.807) is 6.92 Å². The molecule has 2 rings (SSSR count). The van der Waals surface area contributed by atoms with E-state index in [4.69, 9.17) is 5.73 Å². The van der Waals surface area contributed by atoms with E-state index < -0.39 is 30.5 Å². The van der Waals surface area contributed by atoms with Gasteiger partial charge in [0.2, 0.25) is 5.82 Å². The lowest BCUT2D eigenvalue weighted by molar-refractivity contribution is -0.150. The van der Waals surface area contributed by atoms with Crippen LogP contribution in [0.5, 0.6) is 0 Å². The SMILES string of the molecule is Cc1sc(Cn2nc(C(F)(F)F)nc2C(F)(F)F)cc1N. The number of nitrogens with zero attached hydrogens (tertiary/aromatic N) is 3. The Morgan fingerprint density at radius 3 is 2.24 bits per heavy atom. The maximum atomic E-state index is 12.7. The Bertz CT molecular complexity index is 634. The first-order valence-electron chi connectivity index (χ1n) is 5.42. The van der Waals surface area contributed by atoms with Crippen LogP contribution in [-0.2, 0) is 18.9 Å². The van der Waals surface area contributed by atoms with E-state index in [-0.39, 0.29) is 4.68 Å². The molecule has 0 aliphatic rings. The Balaban J connectivity index is 2.44. The molecule has 116 valence electrons. The lowest BCUT2D eigenvalue weighted by atomic mass is 10.4. The first-order valence-corrected chi connectivity index (χ1v) is 6.24. The molecular weight excluding hydrogens is 322 g/mol. The summed E-state index contributed by atoms with van der Waals surface area (Å²) in [7, 11) is 0. The van der Waals surface area contributed by atoms with E-state index in [1.165, 1.54) is 6.07 Å². The van der Waals surface area contributed by atoms with Gasteiger partial charge in [-0.25, -0.2) is 4.68 Å². The van der Waals surface area contributed by atoms with Gasteiger partial charge >= 0.3 is 12.4 Å². The quantitative estimate of drug-likeness (QED) is 0.860. The number of rotatable bonds is 2. The van der Waals surface area contributed by atoms with Crippen LogP contribution in [-0.4, -0.2) is 14.8 Å². The number of aromatic nitrogens is 3. The molecule has 4 nitrogen and oxygen atoms in total. The van der Waals surface area contributed by atoms with E-state index in [1.807, 2.05) is 0 Å². The second kappa shape index (κ2) is 4.90. The van der Waals surface area contributed by atoms with Gasteiger partial charge in [-0.3, -0.25) is 0 Å². The Morgan fingerprint density at radius 2 is 1.81 bits per heavy atom. The molecule has 0 atom stereocenters. The van der Waals surface area contributed by atoms with Gasteiger partial charge in [0.15, 0.2) is 0 Å². The highest BCUT2D eigenvalue weighted by Crippen LogP contribution is 2.33. The summed E-state index contributed by atoms with van der Waals surface area (Å²) in [6, 6.07) is 1.40. The van der Waals surface area contributed by atoms with Crippen molar-refractivity contribution in [3.63, 3.8) is 0 Å². The van der Waals surface area contributed by atoms with Crippen molar-refractivity contribution in [2.24, 2.45) is 0 Å². The maximum absolute atomic E-state index is 12.7. The average Bonchev–Trinajstić information content (AvgIpc) is 2.83. The number of halogens is 6. The number of thiophene rings is 1. The summed E-state index contributed by atoms with van der Waals surface area (Å²) in [4.78, 5) is 3.57. The third-order valence-electron chi connectivity index (χ3n) is 2.49. The topological polar surface area (TPSA) is 56.7 Å². The van der Waals surface area contributed by atoms with Gasteiger partial charge in [-0.2, -0.15) is 31.3 Å². The molecule has 0 fully saturated rings. The van der Waals surface area contributed by atoms with Gasteiger partial charge in [-0.1, -0.05) is 0 Å². The number of anilines is 1. The van der Waals surface area contributed by atoms with Crippen LogP contribution in [0.1, 0.15) is 21.4 Å². The molecule has 0 saturated carbocycles. The largest absolute Gasteiger partial charge is 0.453 e. The monoisotopic (exact) mass is 330 g/mol. The van der Waals surface area contributed by atoms with Crippen molar-refractivity contribution >= 4 is 17.0 Å².